The Morgan fingerprint density at radius 2 is 1.86 bits per heavy atom. The van der Waals surface area contributed by atoms with Gasteiger partial charge in [-0.2, -0.15) is 0 Å². The third-order valence-electron chi connectivity index (χ3n) is 5.63. The predicted octanol–water partition coefficient (Wildman–Crippen LogP) is 3.69. The van der Waals surface area contributed by atoms with Crippen LogP contribution >= 0.6 is 24.0 Å². The van der Waals surface area contributed by atoms with Crippen LogP contribution in [0.25, 0.3) is 0 Å². The molecule has 1 aliphatic rings. The maximum atomic E-state index is 4.40. The van der Waals surface area contributed by atoms with Crippen LogP contribution in [0.5, 0.6) is 0 Å². The van der Waals surface area contributed by atoms with Gasteiger partial charge >= 0.3 is 0 Å². The van der Waals surface area contributed by atoms with Crippen LogP contribution in [-0.2, 0) is 13.0 Å². The lowest BCUT2D eigenvalue weighted by Gasteiger charge is -2.33. The first-order chi connectivity index (χ1) is 13.7. The number of rotatable bonds is 6. The zero-order chi connectivity index (χ0) is 19.8. The number of piperidine rings is 1. The van der Waals surface area contributed by atoms with Gasteiger partial charge in [-0.25, -0.2) is 0 Å². The summed E-state index contributed by atoms with van der Waals surface area (Å²) >= 11 is 0. The zero-order valence-corrected chi connectivity index (χ0v) is 20.1. The van der Waals surface area contributed by atoms with Gasteiger partial charge in [-0.1, -0.05) is 24.3 Å². The molecule has 158 valence electrons. The average molecular weight is 507 g/mol. The maximum Gasteiger partial charge on any atom is 0.191 e. The van der Waals surface area contributed by atoms with Gasteiger partial charge in [-0.3, -0.25) is 14.9 Å². The van der Waals surface area contributed by atoms with Gasteiger partial charge in [0, 0.05) is 51.7 Å². The number of nitrogens with zero attached hydrogens (tertiary/aromatic N) is 3. The maximum absolute atomic E-state index is 4.40. The highest BCUT2D eigenvalue weighted by molar-refractivity contribution is 14.0. The first-order valence-corrected chi connectivity index (χ1v) is 10.3. The van der Waals surface area contributed by atoms with E-state index in [4.69, 9.17) is 0 Å². The molecule has 1 aliphatic heterocycles. The molecule has 5 nitrogen and oxygen atoms in total. The van der Waals surface area contributed by atoms with Crippen molar-refractivity contribution in [3.63, 3.8) is 0 Å². The summed E-state index contributed by atoms with van der Waals surface area (Å²) in [6.45, 7) is 8.49. The Balaban J connectivity index is 0.00000300. The molecule has 1 aromatic heterocycles. The second-order valence-corrected chi connectivity index (χ2v) is 7.67. The summed E-state index contributed by atoms with van der Waals surface area (Å²) in [5.74, 6) is 0.907. The second-order valence-electron chi connectivity index (χ2n) is 7.67. The van der Waals surface area contributed by atoms with Gasteiger partial charge < -0.3 is 10.6 Å². The van der Waals surface area contributed by atoms with Crippen molar-refractivity contribution in [2.45, 2.75) is 45.7 Å². The van der Waals surface area contributed by atoms with Crippen LogP contribution in [0.4, 0.5) is 0 Å². The molecule has 0 radical (unpaired) electrons. The molecule has 1 aromatic carbocycles. The zero-order valence-electron chi connectivity index (χ0n) is 17.8. The summed E-state index contributed by atoms with van der Waals surface area (Å²) < 4.78 is 0. The number of aromatic nitrogens is 1. The summed E-state index contributed by atoms with van der Waals surface area (Å²) in [5, 5.41) is 7.06. The SMILES string of the molecule is CN=C(NCCc1ccncc1C)NC1CCN(Cc2ccccc2C)CC1.I. The van der Waals surface area contributed by atoms with E-state index in [0.717, 1.165) is 51.4 Å². The molecule has 0 spiro atoms. The lowest BCUT2D eigenvalue weighted by Crippen LogP contribution is -2.48. The minimum Gasteiger partial charge on any atom is -0.356 e. The fourth-order valence-corrected chi connectivity index (χ4v) is 3.75. The second kappa shape index (κ2) is 12.1. The third kappa shape index (κ3) is 7.26. The standard InChI is InChI=1S/C23H33N5.HI/c1-18-6-4-5-7-21(18)17-28-14-10-22(11-15-28)27-23(24-3)26-13-9-20-8-12-25-16-19(20)2;/h4-8,12,16,22H,9-11,13-15,17H2,1-3H3,(H2,24,26,27);1H. The molecule has 0 saturated carbocycles. The van der Waals surface area contributed by atoms with Crippen LogP contribution < -0.4 is 10.6 Å². The Morgan fingerprint density at radius 1 is 1.10 bits per heavy atom. The Labute approximate surface area is 192 Å². The molecular formula is C23H34IN5. The van der Waals surface area contributed by atoms with E-state index in [1.807, 2.05) is 19.4 Å². The number of nitrogens with one attached hydrogen (secondary N) is 2. The Kier molecular flexibility index (Phi) is 9.87. The van der Waals surface area contributed by atoms with Gasteiger partial charge in [0.2, 0.25) is 0 Å². The first-order valence-electron chi connectivity index (χ1n) is 10.3. The van der Waals surface area contributed by atoms with E-state index in [9.17, 15) is 0 Å². The van der Waals surface area contributed by atoms with Crippen molar-refractivity contribution in [1.29, 1.82) is 0 Å². The molecular weight excluding hydrogens is 473 g/mol. The quantitative estimate of drug-likeness (QED) is 0.356. The molecule has 0 atom stereocenters. The number of pyridine rings is 1. The van der Waals surface area contributed by atoms with E-state index in [2.05, 4.69) is 69.7 Å². The minimum atomic E-state index is 0. The van der Waals surface area contributed by atoms with Crippen LogP contribution in [0.15, 0.2) is 47.7 Å². The normalized spacial score (nSPS) is 15.6. The highest BCUT2D eigenvalue weighted by Crippen LogP contribution is 2.16. The van der Waals surface area contributed by atoms with Gasteiger partial charge in [0.05, 0.1) is 0 Å². The van der Waals surface area contributed by atoms with Gasteiger partial charge in [0.15, 0.2) is 5.96 Å². The number of hydrogen-bond donors (Lipinski definition) is 2. The third-order valence-corrected chi connectivity index (χ3v) is 5.63. The fraction of sp³-hybridized carbons (Fsp3) is 0.478. The summed E-state index contributed by atoms with van der Waals surface area (Å²) in [4.78, 5) is 11.1. The Hall–Kier alpha value is -1.67. The van der Waals surface area contributed by atoms with Crippen molar-refractivity contribution in [3.05, 3.63) is 65.0 Å². The highest BCUT2D eigenvalue weighted by Gasteiger charge is 2.20. The molecule has 1 fully saturated rings. The van der Waals surface area contributed by atoms with Crippen molar-refractivity contribution in [2.24, 2.45) is 4.99 Å². The van der Waals surface area contributed by atoms with Gasteiger partial charge in [-0.15, -0.1) is 24.0 Å². The van der Waals surface area contributed by atoms with E-state index in [1.165, 1.54) is 22.3 Å². The average Bonchev–Trinajstić information content (AvgIpc) is 2.71. The van der Waals surface area contributed by atoms with E-state index in [0.29, 0.717) is 6.04 Å². The van der Waals surface area contributed by atoms with Crippen LogP contribution in [-0.4, -0.2) is 48.6 Å². The molecule has 2 N–H and O–H groups in total. The van der Waals surface area contributed by atoms with Crippen molar-refractivity contribution in [1.82, 2.24) is 20.5 Å². The van der Waals surface area contributed by atoms with Crippen LogP contribution in [0, 0.1) is 13.8 Å². The summed E-state index contributed by atoms with van der Waals surface area (Å²) in [6, 6.07) is 11.3. The molecule has 0 aliphatic carbocycles. The number of benzene rings is 1. The van der Waals surface area contributed by atoms with Crippen molar-refractivity contribution in [3.8, 4) is 0 Å². The van der Waals surface area contributed by atoms with Gasteiger partial charge in [0.25, 0.3) is 0 Å². The topological polar surface area (TPSA) is 52.6 Å². The fourth-order valence-electron chi connectivity index (χ4n) is 3.75. The number of hydrogen-bond acceptors (Lipinski definition) is 3. The smallest absolute Gasteiger partial charge is 0.191 e. The van der Waals surface area contributed by atoms with Crippen molar-refractivity contribution >= 4 is 29.9 Å². The van der Waals surface area contributed by atoms with E-state index in [-0.39, 0.29) is 24.0 Å². The number of likely N-dealkylation sites (tertiary alicyclic amines) is 1. The summed E-state index contributed by atoms with van der Waals surface area (Å²) in [6.07, 6.45) is 7.06. The lowest BCUT2D eigenvalue weighted by molar-refractivity contribution is 0.198. The summed E-state index contributed by atoms with van der Waals surface area (Å²) in [7, 11) is 1.85. The number of guanidine groups is 1. The molecule has 6 heteroatoms. The van der Waals surface area contributed by atoms with Crippen LogP contribution in [0.1, 0.15) is 35.1 Å². The molecule has 2 aromatic rings. The molecule has 29 heavy (non-hydrogen) atoms. The Bertz CT molecular complexity index is 784. The van der Waals surface area contributed by atoms with E-state index in [1.54, 1.807) is 0 Å². The number of aryl methyl sites for hydroxylation is 2. The molecule has 1 saturated heterocycles. The highest BCUT2D eigenvalue weighted by atomic mass is 127. The minimum absolute atomic E-state index is 0. The van der Waals surface area contributed by atoms with E-state index < -0.39 is 0 Å². The number of aliphatic imine (C=N–C) groups is 1. The predicted molar refractivity (Wildman–Crippen MR) is 132 cm³/mol. The van der Waals surface area contributed by atoms with Crippen molar-refractivity contribution in [2.75, 3.05) is 26.7 Å². The van der Waals surface area contributed by atoms with Crippen LogP contribution in [0.3, 0.4) is 0 Å². The lowest BCUT2D eigenvalue weighted by atomic mass is 10.0. The summed E-state index contributed by atoms with van der Waals surface area (Å²) in [5.41, 5.74) is 5.41. The first kappa shape index (κ1) is 23.6. The largest absolute Gasteiger partial charge is 0.356 e. The Morgan fingerprint density at radius 3 is 2.55 bits per heavy atom. The van der Waals surface area contributed by atoms with E-state index >= 15 is 0 Å². The molecule has 0 unspecified atom stereocenters. The van der Waals surface area contributed by atoms with Gasteiger partial charge in [0.1, 0.15) is 0 Å². The molecule has 2 heterocycles. The van der Waals surface area contributed by atoms with Gasteiger partial charge in [-0.05, 0) is 61.4 Å². The van der Waals surface area contributed by atoms with Crippen molar-refractivity contribution < 1.29 is 0 Å². The monoisotopic (exact) mass is 507 g/mol. The molecule has 3 rings (SSSR count). The molecule has 0 amide bonds. The van der Waals surface area contributed by atoms with Crippen LogP contribution in [0.2, 0.25) is 0 Å². The number of halogens is 1. The molecule has 0 bridgehead atoms.